The van der Waals surface area contributed by atoms with Gasteiger partial charge in [0, 0.05) is 46.9 Å². The maximum Gasteiger partial charge on any atom is 0.255 e. The van der Waals surface area contributed by atoms with Crippen LogP contribution in [-0.2, 0) is 16.1 Å². The quantitative estimate of drug-likeness (QED) is 0.172. The molecule has 1 rings (SSSR count). The van der Waals surface area contributed by atoms with Gasteiger partial charge in [-0.3, -0.25) is 9.79 Å². The normalized spacial score (nSPS) is 11.0. The molecule has 0 atom stereocenters. The molecule has 0 fully saturated rings. The molecule has 0 unspecified atom stereocenters. The number of nitrogens with two attached hydrogens (primary N) is 1. The van der Waals surface area contributed by atoms with Crippen LogP contribution in [0.3, 0.4) is 0 Å². The van der Waals surface area contributed by atoms with Crippen molar-refractivity contribution in [3.05, 3.63) is 29.8 Å². The first-order chi connectivity index (χ1) is 12.5. The minimum atomic E-state index is -0.495. The van der Waals surface area contributed by atoms with Crippen LogP contribution in [0.15, 0.2) is 29.3 Å². The zero-order valence-electron chi connectivity index (χ0n) is 16.4. The molecule has 154 valence electrons. The van der Waals surface area contributed by atoms with Gasteiger partial charge in [-0.05, 0) is 31.2 Å². The Balaban J connectivity index is 0.00000676. The largest absolute Gasteiger partial charge is 0.484 e. The number of rotatable bonds is 12. The molecule has 0 radical (unpaired) electrons. The van der Waals surface area contributed by atoms with E-state index < -0.39 is 5.91 Å². The van der Waals surface area contributed by atoms with Crippen molar-refractivity contribution in [3.63, 3.8) is 0 Å². The zero-order valence-corrected chi connectivity index (χ0v) is 18.7. The summed E-state index contributed by atoms with van der Waals surface area (Å²) in [6, 6.07) is 7.51. The molecule has 1 aromatic rings. The minimum absolute atomic E-state index is 0. The molecule has 0 spiro atoms. The number of primary amides is 1. The SMILES string of the molecule is CN=C(NCCN(C)CCCOC)NCc1cccc(OCC(N)=O)c1.I. The highest BCUT2D eigenvalue weighted by Crippen LogP contribution is 2.12. The van der Waals surface area contributed by atoms with Gasteiger partial charge in [-0.25, -0.2) is 0 Å². The highest BCUT2D eigenvalue weighted by atomic mass is 127. The van der Waals surface area contributed by atoms with Crippen LogP contribution in [0.1, 0.15) is 12.0 Å². The number of benzene rings is 1. The molecule has 0 aliphatic rings. The Labute approximate surface area is 178 Å². The molecule has 0 heterocycles. The van der Waals surface area contributed by atoms with Crippen LogP contribution in [0.4, 0.5) is 0 Å². The van der Waals surface area contributed by atoms with E-state index in [4.69, 9.17) is 15.2 Å². The van der Waals surface area contributed by atoms with E-state index in [0.717, 1.165) is 44.2 Å². The van der Waals surface area contributed by atoms with Crippen molar-refractivity contribution in [1.82, 2.24) is 15.5 Å². The first kappa shape index (κ1) is 25.4. The molecule has 27 heavy (non-hydrogen) atoms. The van der Waals surface area contributed by atoms with E-state index in [2.05, 4.69) is 27.6 Å². The van der Waals surface area contributed by atoms with Crippen LogP contribution >= 0.6 is 24.0 Å². The predicted molar refractivity (Wildman–Crippen MR) is 119 cm³/mol. The van der Waals surface area contributed by atoms with Gasteiger partial charge in [-0.2, -0.15) is 0 Å². The number of amides is 1. The number of hydrogen-bond acceptors (Lipinski definition) is 5. The van der Waals surface area contributed by atoms with Crippen molar-refractivity contribution in [3.8, 4) is 5.75 Å². The van der Waals surface area contributed by atoms with E-state index >= 15 is 0 Å². The number of carbonyl (C=O) groups is 1. The lowest BCUT2D eigenvalue weighted by Gasteiger charge is -2.18. The molecule has 8 nitrogen and oxygen atoms in total. The number of methoxy groups -OCH3 is 1. The third-order valence-electron chi connectivity index (χ3n) is 3.64. The molecule has 0 aliphatic heterocycles. The topological polar surface area (TPSA) is 101 Å². The molecule has 1 amide bonds. The van der Waals surface area contributed by atoms with Gasteiger partial charge >= 0.3 is 0 Å². The summed E-state index contributed by atoms with van der Waals surface area (Å²) >= 11 is 0. The zero-order chi connectivity index (χ0) is 19.2. The number of hydrogen-bond donors (Lipinski definition) is 3. The molecule has 0 bridgehead atoms. The van der Waals surface area contributed by atoms with Crippen molar-refractivity contribution in [2.75, 3.05) is 54.1 Å². The van der Waals surface area contributed by atoms with Gasteiger partial charge < -0.3 is 30.7 Å². The van der Waals surface area contributed by atoms with Crippen LogP contribution in [0, 0.1) is 0 Å². The molecule has 0 saturated carbocycles. The second kappa shape index (κ2) is 15.5. The lowest BCUT2D eigenvalue weighted by Crippen LogP contribution is -2.40. The Bertz CT molecular complexity index is 572. The number of nitrogens with one attached hydrogen (secondary N) is 2. The molecule has 0 aromatic heterocycles. The molecule has 0 aliphatic carbocycles. The van der Waals surface area contributed by atoms with E-state index in [1.165, 1.54) is 0 Å². The first-order valence-corrected chi connectivity index (χ1v) is 8.67. The number of ether oxygens (including phenoxy) is 2. The van der Waals surface area contributed by atoms with E-state index in [-0.39, 0.29) is 30.6 Å². The van der Waals surface area contributed by atoms with Crippen molar-refractivity contribution >= 4 is 35.8 Å². The Kier molecular flexibility index (Phi) is 14.6. The Morgan fingerprint density at radius 2 is 2.07 bits per heavy atom. The van der Waals surface area contributed by atoms with Crippen LogP contribution in [0.5, 0.6) is 5.75 Å². The van der Waals surface area contributed by atoms with E-state index in [9.17, 15) is 4.79 Å². The van der Waals surface area contributed by atoms with Crippen molar-refractivity contribution in [1.29, 1.82) is 0 Å². The average molecular weight is 493 g/mol. The average Bonchev–Trinajstić information content (AvgIpc) is 2.63. The summed E-state index contributed by atoms with van der Waals surface area (Å²) in [7, 11) is 5.55. The van der Waals surface area contributed by atoms with Gasteiger partial charge in [0.15, 0.2) is 12.6 Å². The molecule has 9 heteroatoms. The lowest BCUT2D eigenvalue weighted by atomic mass is 10.2. The number of guanidine groups is 1. The summed E-state index contributed by atoms with van der Waals surface area (Å²) in [6.07, 6.45) is 1.02. The van der Waals surface area contributed by atoms with Gasteiger partial charge in [-0.1, -0.05) is 12.1 Å². The second-order valence-electron chi connectivity index (χ2n) is 5.90. The number of carbonyl (C=O) groups excluding carboxylic acids is 1. The van der Waals surface area contributed by atoms with E-state index in [0.29, 0.717) is 12.3 Å². The standard InChI is InChI=1S/C18H31N5O3.HI/c1-20-18(21-8-10-23(2)9-5-11-25-3)22-13-15-6-4-7-16(12-15)26-14-17(19)24;/h4,6-7,12H,5,8-11,13-14H2,1-3H3,(H2,19,24)(H2,20,21,22);1H. The van der Waals surface area contributed by atoms with E-state index in [1.807, 2.05) is 18.2 Å². The second-order valence-corrected chi connectivity index (χ2v) is 5.90. The molecular formula is C18H32IN5O3. The Hall–Kier alpha value is -1.59. The molecule has 0 saturated heterocycles. The maximum atomic E-state index is 10.8. The van der Waals surface area contributed by atoms with Crippen molar-refractivity contribution in [2.45, 2.75) is 13.0 Å². The third-order valence-corrected chi connectivity index (χ3v) is 3.64. The van der Waals surface area contributed by atoms with Gasteiger partial charge in [0.25, 0.3) is 5.91 Å². The van der Waals surface area contributed by atoms with Crippen LogP contribution < -0.4 is 21.1 Å². The number of aliphatic imine (C=N–C) groups is 1. The van der Waals surface area contributed by atoms with Crippen LogP contribution in [0.2, 0.25) is 0 Å². The van der Waals surface area contributed by atoms with Crippen molar-refractivity contribution < 1.29 is 14.3 Å². The monoisotopic (exact) mass is 493 g/mol. The fourth-order valence-corrected chi connectivity index (χ4v) is 2.26. The highest BCUT2D eigenvalue weighted by molar-refractivity contribution is 14.0. The van der Waals surface area contributed by atoms with Gasteiger partial charge in [-0.15, -0.1) is 24.0 Å². The summed E-state index contributed by atoms with van der Waals surface area (Å²) in [4.78, 5) is 17.3. The Morgan fingerprint density at radius 1 is 1.30 bits per heavy atom. The Morgan fingerprint density at radius 3 is 2.74 bits per heavy atom. The number of nitrogens with zero attached hydrogens (tertiary/aromatic N) is 2. The number of likely N-dealkylation sites (N-methyl/N-ethyl adjacent to an activating group) is 1. The fourth-order valence-electron chi connectivity index (χ4n) is 2.26. The molecule has 4 N–H and O–H groups in total. The van der Waals surface area contributed by atoms with Crippen molar-refractivity contribution in [2.24, 2.45) is 10.7 Å². The van der Waals surface area contributed by atoms with Gasteiger partial charge in [0.1, 0.15) is 5.75 Å². The van der Waals surface area contributed by atoms with Crippen LogP contribution in [0.25, 0.3) is 0 Å². The molecular weight excluding hydrogens is 461 g/mol. The third kappa shape index (κ3) is 12.4. The fraction of sp³-hybridized carbons (Fsp3) is 0.556. The van der Waals surface area contributed by atoms with Gasteiger partial charge in [0.2, 0.25) is 0 Å². The summed E-state index contributed by atoms with van der Waals surface area (Å²) in [5, 5.41) is 6.55. The summed E-state index contributed by atoms with van der Waals surface area (Å²) < 4.78 is 10.4. The molecule has 1 aromatic carbocycles. The van der Waals surface area contributed by atoms with E-state index in [1.54, 1.807) is 20.2 Å². The van der Waals surface area contributed by atoms with Crippen LogP contribution in [-0.4, -0.2) is 70.8 Å². The van der Waals surface area contributed by atoms with Gasteiger partial charge in [0.05, 0.1) is 0 Å². The first-order valence-electron chi connectivity index (χ1n) is 8.67. The lowest BCUT2D eigenvalue weighted by molar-refractivity contribution is -0.119. The summed E-state index contributed by atoms with van der Waals surface area (Å²) in [5.74, 6) is 0.854. The maximum absolute atomic E-state index is 10.8. The summed E-state index contributed by atoms with van der Waals surface area (Å²) in [5.41, 5.74) is 6.11. The highest BCUT2D eigenvalue weighted by Gasteiger charge is 2.03. The summed E-state index contributed by atoms with van der Waals surface area (Å²) in [6.45, 7) is 3.96. The minimum Gasteiger partial charge on any atom is -0.484 e. The predicted octanol–water partition coefficient (Wildman–Crippen LogP) is 0.802. The smallest absolute Gasteiger partial charge is 0.255 e. The number of halogens is 1.